The Hall–Kier alpha value is -0.510. The average molecular weight is 259 g/mol. The van der Waals surface area contributed by atoms with E-state index in [1.807, 2.05) is 12.3 Å². The van der Waals surface area contributed by atoms with Crippen LogP contribution in [-0.2, 0) is 0 Å². The molecule has 0 aliphatic rings. The minimum absolute atomic E-state index is 0. The molecule has 0 aliphatic carbocycles. The zero-order valence-corrected chi connectivity index (χ0v) is 8.05. The molecule has 2 rings (SSSR count). The molecule has 0 fully saturated rings. The van der Waals surface area contributed by atoms with Crippen LogP contribution in [0.3, 0.4) is 0 Å². The summed E-state index contributed by atoms with van der Waals surface area (Å²) in [7, 11) is 0. The Labute approximate surface area is 81.9 Å². The van der Waals surface area contributed by atoms with Crippen LogP contribution in [0.2, 0.25) is 0 Å². The Morgan fingerprint density at radius 2 is 2.27 bits per heavy atom. The van der Waals surface area contributed by atoms with Crippen molar-refractivity contribution < 1.29 is 2.85 Å². The zero-order valence-electron chi connectivity index (χ0n) is 6.89. The number of benzene rings is 1. The van der Waals surface area contributed by atoms with Gasteiger partial charge in [0.05, 0.1) is 0 Å². The van der Waals surface area contributed by atoms with Gasteiger partial charge in [-0.1, -0.05) is 6.07 Å². The first kappa shape index (κ1) is 7.16. The van der Waals surface area contributed by atoms with Crippen LogP contribution in [-0.4, -0.2) is 4.98 Å². The van der Waals surface area contributed by atoms with Gasteiger partial charge in [-0.2, -0.15) is 0 Å². The van der Waals surface area contributed by atoms with Gasteiger partial charge >= 0.3 is 0 Å². The van der Waals surface area contributed by atoms with E-state index >= 15 is 0 Å². The van der Waals surface area contributed by atoms with Gasteiger partial charge in [0.25, 0.3) is 0 Å². The molecule has 1 aromatic carbocycles. The fourth-order valence-corrected chi connectivity index (χ4v) is 1.79. The van der Waals surface area contributed by atoms with Gasteiger partial charge in [-0.15, -0.1) is 0 Å². The molecular weight excluding hydrogens is 249 g/mol. The molecule has 1 heterocycles. The highest BCUT2D eigenvalue weighted by Crippen LogP contribution is 2.22. The molecule has 2 radical (unpaired) electrons. The Morgan fingerprint density at radius 1 is 1.45 bits per heavy atom. The predicted octanol–water partition coefficient (Wildman–Crippen LogP) is 3.31. The van der Waals surface area contributed by atoms with Gasteiger partial charge in [-0.25, -0.2) is 0 Å². The lowest BCUT2D eigenvalue weighted by atomic mass is 10.2. The van der Waals surface area contributed by atoms with Crippen molar-refractivity contribution in [3.8, 4) is 0 Å². The summed E-state index contributed by atoms with van der Waals surface area (Å²) in [6.07, 6.45) is 1.95. The van der Waals surface area contributed by atoms with Crippen LogP contribution in [0.5, 0.6) is 0 Å². The van der Waals surface area contributed by atoms with Crippen LogP contribution in [0.1, 0.15) is 8.42 Å². The molecule has 0 atom stereocenters. The van der Waals surface area contributed by atoms with Crippen molar-refractivity contribution in [3.63, 3.8) is 0 Å². The van der Waals surface area contributed by atoms with E-state index in [0.717, 1.165) is 5.56 Å². The molecule has 0 bridgehead atoms. The highest BCUT2D eigenvalue weighted by molar-refractivity contribution is 14.1. The molecule has 0 unspecified atom stereocenters. The molecule has 1 aromatic heterocycles. The lowest BCUT2D eigenvalue weighted by molar-refractivity contribution is 1.47. The molecule has 2 aromatic rings. The van der Waals surface area contributed by atoms with Gasteiger partial charge in [-0.05, 0) is 47.2 Å². The Balaban J connectivity index is 0.000000720. The maximum absolute atomic E-state index is 3.93. The van der Waals surface area contributed by atoms with Gasteiger partial charge in [0.1, 0.15) is 0 Å². The van der Waals surface area contributed by atoms with Gasteiger partial charge in [0, 0.05) is 23.5 Å². The Bertz CT molecular complexity index is 397. The third-order valence-corrected chi connectivity index (χ3v) is 3.02. The van der Waals surface area contributed by atoms with Crippen molar-refractivity contribution in [3.05, 3.63) is 40.5 Å². The number of nitrogens with one attached hydrogen (secondary N) is 1. The summed E-state index contributed by atoms with van der Waals surface area (Å²) in [6, 6.07) is 6.16. The number of aromatic amines is 1. The SMILES string of the molecule is [CH2]c1ccc2[nH]ccc2c1I.[HH].[H]. The normalized spacial score (nSPS) is 10.7. The Morgan fingerprint density at radius 3 is 3.09 bits per heavy atom. The van der Waals surface area contributed by atoms with E-state index in [1.54, 1.807) is 0 Å². The first-order valence-corrected chi connectivity index (χ1v) is 4.44. The van der Waals surface area contributed by atoms with Crippen molar-refractivity contribution in [1.82, 2.24) is 4.98 Å². The third-order valence-electron chi connectivity index (χ3n) is 1.75. The van der Waals surface area contributed by atoms with Crippen molar-refractivity contribution >= 4 is 33.5 Å². The zero-order chi connectivity index (χ0) is 7.84. The monoisotopic (exact) mass is 259 g/mol. The molecule has 0 saturated carbocycles. The van der Waals surface area contributed by atoms with Crippen LogP contribution in [0, 0.1) is 10.5 Å². The highest BCUT2D eigenvalue weighted by atomic mass is 127. The summed E-state index contributed by atoms with van der Waals surface area (Å²) in [5.74, 6) is 0. The van der Waals surface area contributed by atoms with E-state index in [1.165, 1.54) is 14.5 Å². The average Bonchev–Trinajstić information content (AvgIpc) is 2.45. The summed E-state index contributed by atoms with van der Waals surface area (Å²) >= 11 is 2.32. The van der Waals surface area contributed by atoms with Crippen LogP contribution in [0.25, 0.3) is 10.9 Å². The van der Waals surface area contributed by atoms with Gasteiger partial charge in [0.2, 0.25) is 0 Å². The number of aromatic nitrogens is 1. The summed E-state index contributed by atoms with van der Waals surface area (Å²) in [6.45, 7) is 3.93. The summed E-state index contributed by atoms with van der Waals surface area (Å²) in [5, 5.41) is 1.26. The second kappa shape index (κ2) is 2.52. The first-order chi connectivity index (χ1) is 5.29. The number of rotatable bonds is 0. The second-order valence-corrected chi connectivity index (χ2v) is 3.56. The van der Waals surface area contributed by atoms with Gasteiger partial charge < -0.3 is 4.98 Å². The lowest BCUT2D eigenvalue weighted by Crippen LogP contribution is -1.79. The predicted molar refractivity (Wildman–Crippen MR) is 58.7 cm³/mol. The molecule has 0 saturated heterocycles. The Kier molecular flexibility index (Phi) is 1.64. The van der Waals surface area contributed by atoms with Gasteiger partial charge in [0.15, 0.2) is 0 Å². The first-order valence-electron chi connectivity index (χ1n) is 3.36. The molecule has 0 aliphatic heterocycles. The van der Waals surface area contributed by atoms with Crippen LogP contribution >= 0.6 is 22.6 Å². The fourth-order valence-electron chi connectivity index (χ4n) is 1.14. The molecule has 11 heavy (non-hydrogen) atoms. The molecule has 0 spiro atoms. The van der Waals surface area contributed by atoms with E-state index in [0.29, 0.717) is 0 Å². The van der Waals surface area contributed by atoms with E-state index in [2.05, 4.69) is 46.6 Å². The van der Waals surface area contributed by atoms with Crippen molar-refractivity contribution in [2.45, 2.75) is 0 Å². The van der Waals surface area contributed by atoms with Crippen molar-refractivity contribution in [1.29, 1.82) is 0 Å². The smallest absolute Gasteiger partial charge is 0.0464 e. The number of hydrogen-bond acceptors (Lipinski definition) is 0. The summed E-state index contributed by atoms with van der Waals surface area (Å²) in [4.78, 5) is 3.16. The maximum atomic E-state index is 3.93. The number of H-pyrrole nitrogens is 1. The quantitative estimate of drug-likeness (QED) is 0.698. The van der Waals surface area contributed by atoms with E-state index in [-0.39, 0.29) is 2.85 Å². The molecular formula is C9H10IN. The van der Waals surface area contributed by atoms with Crippen molar-refractivity contribution in [2.24, 2.45) is 0 Å². The molecule has 1 nitrogen and oxygen atoms in total. The van der Waals surface area contributed by atoms with Crippen LogP contribution in [0.4, 0.5) is 0 Å². The lowest BCUT2D eigenvalue weighted by Gasteiger charge is -1.97. The second-order valence-electron chi connectivity index (χ2n) is 2.48. The minimum Gasteiger partial charge on any atom is -0.361 e. The third kappa shape index (κ3) is 1.05. The van der Waals surface area contributed by atoms with Gasteiger partial charge in [-0.3, -0.25) is 0 Å². The standard InChI is InChI=1S/C9H7IN.H2.H/c1-6-2-3-8-7(9(6)10)4-5-11-8;;/h2-5,11H,1H2;1H;. The van der Waals surface area contributed by atoms with E-state index < -0.39 is 0 Å². The largest absolute Gasteiger partial charge is 0.361 e. The van der Waals surface area contributed by atoms with E-state index in [9.17, 15) is 0 Å². The summed E-state index contributed by atoms with van der Waals surface area (Å²) < 4.78 is 1.24. The van der Waals surface area contributed by atoms with Crippen molar-refractivity contribution in [2.75, 3.05) is 0 Å². The van der Waals surface area contributed by atoms with Crippen LogP contribution < -0.4 is 0 Å². The molecule has 58 valence electrons. The molecule has 1 N–H and O–H groups in total. The van der Waals surface area contributed by atoms with E-state index in [4.69, 9.17) is 0 Å². The van der Waals surface area contributed by atoms with Crippen LogP contribution in [0.15, 0.2) is 24.4 Å². The molecule has 2 heteroatoms. The maximum Gasteiger partial charge on any atom is 0.0464 e. The minimum atomic E-state index is 0. The number of fused-ring (bicyclic) bond motifs is 1. The molecule has 0 amide bonds. The highest BCUT2D eigenvalue weighted by Gasteiger charge is 2.00. The summed E-state index contributed by atoms with van der Waals surface area (Å²) in [5.41, 5.74) is 2.28. The number of halogens is 1. The fraction of sp³-hybridized carbons (Fsp3) is 0. The topological polar surface area (TPSA) is 15.8 Å². The number of hydrogen-bond donors (Lipinski definition) is 1.